The summed E-state index contributed by atoms with van der Waals surface area (Å²) in [5.41, 5.74) is 2.89. The number of nitrogens with zero attached hydrogens (tertiary/aromatic N) is 2. The first kappa shape index (κ1) is 28.6. The number of carbonyl (C=O) groups excluding carboxylic acids is 2. The van der Waals surface area contributed by atoms with Crippen LogP contribution in [0, 0.1) is 5.13 Å². The Balaban J connectivity index is 1.84. The third-order valence-electron chi connectivity index (χ3n) is 5.63. The van der Waals surface area contributed by atoms with E-state index in [0.717, 1.165) is 22.5 Å². The van der Waals surface area contributed by atoms with E-state index in [1.54, 1.807) is 31.2 Å². The lowest BCUT2D eigenvalue weighted by Gasteiger charge is -2.26. The van der Waals surface area contributed by atoms with Gasteiger partial charge < -0.3 is 10.2 Å². The predicted molar refractivity (Wildman–Crippen MR) is 151 cm³/mol. The predicted octanol–water partition coefficient (Wildman–Crippen LogP) is 6.99. The summed E-state index contributed by atoms with van der Waals surface area (Å²) in [6.45, 7) is 7.15. The largest absolute Gasteiger partial charge is 0.331 e. The van der Waals surface area contributed by atoms with Crippen molar-refractivity contribution in [2.24, 2.45) is 4.99 Å². The van der Waals surface area contributed by atoms with Crippen molar-refractivity contribution >= 4 is 57.6 Å². The molecule has 1 N–H and O–H groups in total. The van der Waals surface area contributed by atoms with E-state index in [2.05, 4.69) is 10.3 Å². The lowest BCUT2D eigenvalue weighted by Crippen LogP contribution is -2.44. The molecule has 37 heavy (non-hydrogen) atoms. The number of hydrogen-bond acceptors (Lipinski definition) is 4. The molecule has 0 atom stereocenters. The fourth-order valence-corrected chi connectivity index (χ4v) is 4.57. The molecular formula is C28H28Cl2FN3O2S. The van der Waals surface area contributed by atoms with Gasteiger partial charge in [-0.1, -0.05) is 59.6 Å². The molecule has 0 fully saturated rings. The third-order valence-corrected chi connectivity index (χ3v) is 7.35. The molecule has 0 aliphatic rings. The smallest absolute Gasteiger partial charge is 0.245 e. The van der Waals surface area contributed by atoms with Gasteiger partial charge >= 0.3 is 0 Å². The summed E-state index contributed by atoms with van der Waals surface area (Å²) in [6.07, 6.45) is 0.0787. The Bertz CT molecular complexity index is 1340. The maximum Gasteiger partial charge on any atom is 0.245 e. The van der Waals surface area contributed by atoms with Crippen LogP contribution in [0.3, 0.4) is 0 Å². The van der Waals surface area contributed by atoms with Crippen molar-refractivity contribution in [2.45, 2.75) is 40.2 Å². The number of thiophene rings is 1. The number of allylic oxidation sites excluding steroid dienone is 1. The van der Waals surface area contributed by atoms with Gasteiger partial charge in [0.1, 0.15) is 12.4 Å². The van der Waals surface area contributed by atoms with Gasteiger partial charge in [0.05, 0.1) is 27.1 Å². The SMILES string of the molecule is C/C(=N\C(NC(=O)CN(C(=O)Cc1ccc(Cl)c(Cl)c1)C(C)C)=C(/C)c1ccccc1)c1ccc(F)s1. The first-order valence-corrected chi connectivity index (χ1v) is 13.2. The first-order valence-electron chi connectivity index (χ1n) is 11.7. The molecule has 0 aliphatic carbocycles. The number of aliphatic imine (C=N–C) groups is 1. The lowest BCUT2D eigenvalue weighted by atomic mass is 10.1. The Labute approximate surface area is 230 Å². The lowest BCUT2D eigenvalue weighted by molar-refractivity contribution is -0.137. The molecule has 1 aromatic heterocycles. The first-order chi connectivity index (χ1) is 17.5. The molecule has 0 radical (unpaired) electrons. The number of carbonyl (C=O) groups is 2. The molecule has 0 spiro atoms. The van der Waals surface area contributed by atoms with Crippen LogP contribution in [0.4, 0.5) is 4.39 Å². The van der Waals surface area contributed by atoms with Crippen LogP contribution in [-0.4, -0.2) is 35.0 Å². The van der Waals surface area contributed by atoms with Crippen LogP contribution in [0.2, 0.25) is 10.0 Å². The average Bonchev–Trinajstić information content (AvgIpc) is 3.30. The number of hydrogen-bond donors (Lipinski definition) is 1. The van der Waals surface area contributed by atoms with E-state index in [-0.39, 0.29) is 30.0 Å². The van der Waals surface area contributed by atoms with Crippen LogP contribution in [0.1, 0.15) is 43.7 Å². The molecular weight excluding hydrogens is 532 g/mol. The van der Waals surface area contributed by atoms with E-state index >= 15 is 0 Å². The maximum atomic E-state index is 13.6. The molecule has 3 rings (SSSR count). The Morgan fingerprint density at radius 2 is 1.73 bits per heavy atom. The molecule has 0 bridgehead atoms. The van der Waals surface area contributed by atoms with Gasteiger partial charge in [-0.05, 0) is 68.7 Å². The summed E-state index contributed by atoms with van der Waals surface area (Å²) >= 11 is 13.1. The Hall–Kier alpha value is -3.00. The molecule has 2 aromatic carbocycles. The second-order valence-electron chi connectivity index (χ2n) is 8.73. The molecule has 3 aromatic rings. The Kier molecular flexibility index (Phi) is 10.0. The highest BCUT2D eigenvalue weighted by Gasteiger charge is 2.22. The van der Waals surface area contributed by atoms with Gasteiger partial charge in [0.15, 0.2) is 5.13 Å². The normalized spacial score (nSPS) is 12.4. The molecule has 5 nitrogen and oxygen atoms in total. The van der Waals surface area contributed by atoms with Gasteiger partial charge in [0, 0.05) is 6.04 Å². The Morgan fingerprint density at radius 3 is 2.32 bits per heavy atom. The van der Waals surface area contributed by atoms with Gasteiger partial charge in [-0.2, -0.15) is 4.39 Å². The molecule has 0 saturated heterocycles. The van der Waals surface area contributed by atoms with Crippen molar-refractivity contribution in [1.82, 2.24) is 10.2 Å². The number of nitrogens with one attached hydrogen (secondary N) is 1. The Morgan fingerprint density at radius 1 is 1.03 bits per heavy atom. The van der Waals surface area contributed by atoms with Crippen LogP contribution in [-0.2, 0) is 16.0 Å². The summed E-state index contributed by atoms with van der Waals surface area (Å²) < 4.78 is 13.6. The molecule has 9 heteroatoms. The van der Waals surface area contributed by atoms with Gasteiger partial charge in [-0.15, -0.1) is 11.3 Å². The average molecular weight is 561 g/mol. The summed E-state index contributed by atoms with van der Waals surface area (Å²) in [6, 6.07) is 17.4. The van der Waals surface area contributed by atoms with E-state index in [4.69, 9.17) is 23.2 Å². The number of benzene rings is 2. The van der Waals surface area contributed by atoms with Gasteiger partial charge in [-0.25, -0.2) is 4.99 Å². The minimum absolute atomic E-state index is 0.0787. The molecule has 1 heterocycles. The minimum Gasteiger partial charge on any atom is -0.331 e. The number of amides is 2. The van der Waals surface area contributed by atoms with E-state index in [9.17, 15) is 14.0 Å². The minimum atomic E-state index is -0.393. The monoisotopic (exact) mass is 559 g/mol. The fourth-order valence-electron chi connectivity index (χ4n) is 3.57. The highest BCUT2D eigenvalue weighted by atomic mass is 35.5. The molecule has 2 amide bonds. The number of rotatable bonds is 9. The zero-order valence-electron chi connectivity index (χ0n) is 21.0. The summed E-state index contributed by atoms with van der Waals surface area (Å²) in [5, 5.41) is 3.34. The van der Waals surface area contributed by atoms with Crippen LogP contribution in [0.5, 0.6) is 0 Å². The molecule has 0 saturated carbocycles. The van der Waals surface area contributed by atoms with Crippen molar-refractivity contribution in [3.63, 3.8) is 0 Å². The van der Waals surface area contributed by atoms with E-state index in [0.29, 0.717) is 32.0 Å². The van der Waals surface area contributed by atoms with Crippen LogP contribution in [0.15, 0.2) is 71.5 Å². The van der Waals surface area contributed by atoms with Gasteiger partial charge in [-0.3, -0.25) is 9.59 Å². The quantitative estimate of drug-likeness (QED) is 0.287. The molecule has 194 valence electrons. The second kappa shape index (κ2) is 13.0. The number of halogens is 3. The van der Waals surface area contributed by atoms with Crippen molar-refractivity contribution in [3.8, 4) is 0 Å². The van der Waals surface area contributed by atoms with Crippen LogP contribution >= 0.6 is 34.5 Å². The fraction of sp³-hybridized carbons (Fsp3) is 0.250. The van der Waals surface area contributed by atoms with Gasteiger partial charge in [0.25, 0.3) is 0 Å². The maximum absolute atomic E-state index is 13.6. The standard InChI is InChI=1S/C28H28Cl2FN3O2S/c1-17(2)34(27(36)15-20-10-11-22(29)23(30)14-20)16-26(35)33-28(18(3)21-8-6-5-7-9-21)32-19(4)24-12-13-25(31)37-24/h5-14,17H,15-16H2,1-4H3,(H,33,35)/b28-18-,32-19+. The van der Waals surface area contributed by atoms with Crippen molar-refractivity contribution < 1.29 is 14.0 Å². The molecule has 0 unspecified atom stereocenters. The highest BCUT2D eigenvalue weighted by molar-refractivity contribution is 7.12. The zero-order valence-corrected chi connectivity index (χ0v) is 23.3. The summed E-state index contributed by atoms with van der Waals surface area (Å²) in [7, 11) is 0. The van der Waals surface area contributed by atoms with E-state index in [1.165, 1.54) is 11.0 Å². The van der Waals surface area contributed by atoms with E-state index in [1.807, 2.05) is 51.1 Å². The topological polar surface area (TPSA) is 61.8 Å². The van der Waals surface area contributed by atoms with Crippen molar-refractivity contribution in [2.75, 3.05) is 6.54 Å². The molecule has 0 aliphatic heterocycles. The van der Waals surface area contributed by atoms with Crippen molar-refractivity contribution in [3.05, 3.63) is 97.7 Å². The third kappa shape index (κ3) is 7.99. The second-order valence-corrected chi connectivity index (χ2v) is 10.6. The summed E-state index contributed by atoms with van der Waals surface area (Å²) in [4.78, 5) is 33.1. The van der Waals surface area contributed by atoms with Crippen LogP contribution in [0.25, 0.3) is 5.57 Å². The van der Waals surface area contributed by atoms with Crippen LogP contribution < -0.4 is 5.32 Å². The highest BCUT2D eigenvalue weighted by Crippen LogP contribution is 2.24. The summed E-state index contributed by atoms with van der Waals surface area (Å²) in [5.74, 6) is -0.277. The zero-order chi connectivity index (χ0) is 27.1. The van der Waals surface area contributed by atoms with Gasteiger partial charge in [0.2, 0.25) is 11.8 Å². The van der Waals surface area contributed by atoms with E-state index < -0.39 is 5.91 Å². The van der Waals surface area contributed by atoms with Crippen molar-refractivity contribution in [1.29, 1.82) is 0 Å².